The fraction of sp³-hybridized carbons (Fsp3) is 0.474. The van der Waals surface area contributed by atoms with Gasteiger partial charge in [-0.2, -0.15) is 0 Å². The first-order chi connectivity index (χ1) is 9.70. The van der Waals surface area contributed by atoms with E-state index >= 15 is 0 Å². The van der Waals surface area contributed by atoms with E-state index < -0.39 is 0 Å². The number of hydrogen-bond acceptors (Lipinski definition) is 2. The summed E-state index contributed by atoms with van der Waals surface area (Å²) in [6.45, 7) is 21.2. The summed E-state index contributed by atoms with van der Waals surface area (Å²) >= 11 is 0. The molecule has 0 aliphatic heterocycles. The second kappa shape index (κ2) is 6.84. The molecule has 0 saturated heterocycles. The van der Waals surface area contributed by atoms with Crippen LogP contribution in [0.15, 0.2) is 24.6 Å². The molecule has 1 aromatic carbocycles. The summed E-state index contributed by atoms with van der Waals surface area (Å²) in [6, 6.07) is 0. The lowest BCUT2D eigenvalue weighted by atomic mass is 9.84. The highest BCUT2D eigenvalue weighted by atomic mass is 14.9. The average molecular weight is 286 g/mol. The highest BCUT2D eigenvalue weighted by Gasteiger charge is 2.20. The van der Waals surface area contributed by atoms with Crippen molar-refractivity contribution in [2.75, 3.05) is 12.4 Å². The van der Waals surface area contributed by atoms with Crippen LogP contribution in [0.2, 0.25) is 0 Å². The van der Waals surface area contributed by atoms with Crippen LogP contribution in [-0.2, 0) is 0 Å². The number of benzene rings is 1. The molecule has 2 heteroatoms. The molecule has 116 valence electrons. The number of allylic oxidation sites excluding steroid dienone is 2. The quantitative estimate of drug-likeness (QED) is 0.761. The molecule has 2 N–H and O–H groups in total. The van der Waals surface area contributed by atoms with E-state index in [9.17, 15) is 0 Å². The number of nitrogens with one attached hydrogen (secondary N) is 2. The Hall–Kier alpha value is -1.70. The first-order valence-corrected chi connectivity index (χ1v) is 7.58. The van der Waals surface area contributed by atoms with Crippen LogP contribution >= 0.6 is 0 Å². The Bertz CT molecular complexity index is 568. The number of hydrogen-bond donors (Lipinski definition) is 2. The van der Waals surface area contributed by atoms with Gasteiger partial charge in [0.15, 0.2) is 0 Å². The first kappa shape index (κ1) is 17.4. The van der Waals surface area contributed by atoms with Crippen LogP contribution in [0.25, 0.3) is 0 Å². The van der Waals surface area contributed by atoms with Crippen molar-refractivity contribution >= 4 is 5.69 Å². The molecular weight excluding hydrogens is 256 g/mol. The van der Waals surface area contributed by atoms with Crippen LogP contribution in [0.5, 0.6) is 0 Å². The maximum atomic E-state index is 4.07. The first-order valence-electron chi connectivity index (χ1n) is 7.58. The van der Waals surface area contributed by atoms with Gasteiger partial charge in [-0.15, -0.1) is 0 Å². The van der Waals surface area contributed by atoms with E-state index in [1.54, 1.807) is 0 Å². The molecule has 0 aliphatic carbocycles. The van der Waals surface area contributed by atoms with Gasteiger partial charge >= 0.3 is 0 Å². The molecule has 2 nitrogen and oxygen atoms in total. The molecule has 1 rings (SSSR count). The second-order valence-corrected chi connectivity index (χ2v) is 6.15. The molecule has 0 bridgehead atoms. The Kier molecular flexibility index (Phi) is 5.65. The summed E-state index contributed by atoms with van der Waals surface area (Å²) < 4.78 is 0. The van der Waals surface area contributed by atoms with Gasteiger partial charge < -0.3 is 10.6 Å². The zero-order valence-corrected chi connectivity index (χ0v) is 14.7. The predicted molar refractivity (Wildman–Crippen MR) is 95.1 cm³/mol. The third kappa shape index (κ3) is 3.69. The zero-order valence-electron chi connectivity index (χ0n) is 14.7. The van der Waals surface area contributed by atoms with E-state index in [2.05, 4.69) is 58.4 Å². The smallest absolute Gasteiger partial charge is 0.0452 e. The summed E-state index contributed by atoms with van der Waals surface area (Å²) in [7, 11) is 1.93. The summed E-state index contributed by atoms with van der Waals surface area (Å²) in [5.41, 5.74) is 10.1. The molecule has 21 heavy (non-hydrogen) atoms. The normalized spacial score (nSPS) is 12.0. The van der Waals surface area contributed by atoms with E-state index in [1.165, 1.54) is 33.5 Å². The Labute approximate surface area is 130 Å². The van der Waals surface area contributed by atoms with Crippen LogP contribution in [0.4, 0.5) is 5.69 Å². The molecule has 0 fully saturated rings. The van der Waals surface area contributed by atoms with E-state index in [-0.39, 0.29) is 0 Å². The Morgan fingerprint density at radius 2 is 1.52 bits per heavy atom. The Morgan fingerprint density at radius 1 is 1.00 bits per heavy atom. The third-order valence-electron chi connectivity index (χ3n) is 4.47. The third-order valence-corrected chi connectivity index (χ3v) is 4.47. The second-order valence-electron chi connectivity index (χ2n) is 6.15. The van der Waals surface area contributed by atoms with E-state index in [0.29, 0.717) is 5.92 Å². The molecule has 0 radical (unpaired) electrons. The number of rotatable bonds is 6. The number of anilines is 1. The van der Waals surface area contributed by atoms with Crippen molar-refractivity contribution in [3.63, 3.8) is 0 Å². The van der Waals surface area contributed by atoms with Crippen LogP contribution < -0.4 is 10.6 Å². The largest absolute Gasteiger partial charge is 0.392 e. The minimum Gasteiger partial charge on any atom is -0.392 e. The fourth-order valence-electron chi connectivity index (χ4n) is 2.91. The minimum atomic E-state index is 0.407. The molecular formula is C19H30N2. The van der Waals surface area contributed by atoms with E-state index in [0.717, 1.165) is 17.8 Å². The molecule has 0 aliphatic rings. The van der Waals surface area contributed by atoms with Crippen molar-refractivity contribution in [3.05, 3.63) is 52.4 Å². The maximum Gasteiger partial charge on any atom is 0.0452 e. The maximum absolute atomic E-state index is 4.07. The van der Waals surface area contributed by atoms with Crippen LogP contribution in [0, 0.1) is 27.7 Å². The summed E-state index contributed by atoms with van der Waals surface area (Å²) in [4.78, 5) is 0. The molecule has 1 unspecified atom stereocenters. The van der Waals surface area contributed by atoms with E-state index in [1.807, 2.05) is 14.0 Å². The van der Waals surface area contributed by atoms with Crippen LogP contribution in [-0.4, -0.2) is 7.05 Å². The van der Waals surface area contributed by atoms with Gasteiger partial charge in [-0.1, -0.05) is 20.1 Å². The SMILES string of the molecule is C=C(C)Nc1c(C)c(C)c(C)c(C)c1C(C)CC(=C)NC. The van der Waals surface area contributed by atoms with Gasteiger partial charge in [-0.05, 0) is 74.8 Å². The minimum absolute atomic E-state index is 0.407. The highest BCUT2D eigenvalue weighted by Crippen LogP contribution is 2.38. The summed E-state index contributed by atoms with van der Waals surface area (Å²) in [6.07, 6.45) is 0.935. The van der Waals surface area contributed by atoms with Gasteiger partial charge in [-0.3, -0.25) is 0 Å². The van der Waals surface area contributed by atoms with Crippen LogP contribution in [0.3, 0.4) is 0 Å². The predicted octanol–water partition coefficient (Wildman–Crippen LogP) is 5.09. The Morgan fingerprint density at radius 3 is 2.00 bits per heavy atom. The fourth-order valence-corrected chi connectivity index (χ4v) is 2.91. The molecule has 0 heterocycles. The monoisotopic (exact) mass is 286 g/mol. The lowest BCUT2D eigenvalue weighted by Crippen LogP contribution is -2.13. The summed E-state index contributed by atoms with van der Waals surface area (Å²) in [5.74, 6) is 0.407. The molecule has 0 amide bonds. The molecule has 0 saturated carbocycles. The van der Waals surface area contributed by atoms with Gasteiger partial charge in [-0.25, -0.2) is 0 Å². The van der Waals surface area contributed by atoms with Gasteiger partial charge in [0.2, 0.25) is 0 Å². The van der Waals surface area contributed by atoms with Crippen molar-refractivity contribution in [2.24, 2.45) is 0 Å². The van der Waals surface area contributed by atoms with E-state index in [4.69, 9.17) is 0 Å². The van der Waals surface area contributed by atoms with Gasteiger partial charge in [0, 0.05) is 24.1 Å². The molecule has 1 atom stereocenters. The lowest BCUT2D eigenvalue weighted by molar-refractivity contribution is 0.709. The standard InChI is InChI=1S/C19H30N2/c1-11(2)21-19-17(8)15(6)14(5)16(7)18(19)12(3)10-13(4)20-9/h12,20-21H,1,4,10H2,2-3,5-9H3. The zero-order chi connectivity index (χ0) is 16.3. The molecule has 0 spiro atoms. The average Bonchev–Trinajstić information content (AvgIpc) is 2.41. The Balaban J connectivity index is 3.46. The summed E-state index contributed by atoms with van der Waals surface area (Å²) in [5, 5.41) is 6.63. The van der Waals surface area contributed by atoms with Gasteiger partial charge in [0.05, 0.1) is 0 Å². The van der Waals surface area contributed by atoms with Crippen molar-refractivity contribution in [1.82, 2.24) is 5.32 Å². The van der Waals surface area contributed by atoms with Gasteiger partial charge in [0.1, 0.15) is 0 Å². The van der Waals surface area contributed by atoms with Crippen molar-refractivity contribution in [2.45, 2.75) is 53.9 Å². The topological polar surface area (TPSA) is 24.1 Å². The van der Waals surface area contributed by atoms with Crippen LogP contribution in [0.1, 0.15) is 54.0 Å². The lowest BCUT2D eigenvalue weighted by Gasteiger charge is -2.26. The molecule has 1 aromatic rings. The van der Waals surface area contributed by atoms with Crippen molar-refractivity contribution in [3.8, 4) is 0 Å². The highest BCUT2D eigenvalue weighted by molar-refractivity contribution is 5.68. The van der Waals surface area contributed by atoms with Gasteiger partial charge in [0.25, 0.3) is 0 Å². The van der Waals surface area contributed by atoms with Crippen molar-refractivity contribution < 1.29 is 0 Å². The molecule has 0 aromatic heterocycles. The van der Waals surface area contributed by atoms with Crippen molar-refractivity contribution in [1.29, 1.82) is 0 Å².